The van der Waals surface area contributed by atoms with Gasteiger partial charge in [0, 0.05) is 18.9 Å². The monoisotopic (exact) mass is 436 g/mol. The van der Waals surface area contributed by atoms with Crippen LogP contribution in [0, 0.1) is 11.8 Å². The van der Waals surface area contributed by atoms with Crippen molar-refractivity contribution in [3.8, 4) is 11.1 Å². The lowest BCUT2D eigenvalue weighted by atomic mass is 9.73. The van der Waals surface area contributed by atoms with E-state index in [1.165, 1.54) is 29.2 Å². The highest BCUT2D eigenvalue weighted by Gasteiger charge is 2.32. The molecule has 32 heavy (non-hydrogen) atoms. The SMILES string of the molecule is C[C@H](NC(=O)CC1CC(CNC(=O)OCC2c3ccccc3-c3ccccc32)C1)C(=O)O. The molecule has 7 heteroatoms. The average Bonchev–Trinajstić information content (AvgIpc) is 3.07. The third-order valence-electron chi connectivity index (χ3n) is 6.43. The van der Waals surface area contributed by atoms with E-state index in [1.54, 1.807) is 0 Å². The van der Waals surface area contributed by atoms with Gasteiger partial charge in [-0.05, 0) is 53.9 Å². The van der Waals surface area contributed by atoms with E-state index < -0.39 is 18.1 Å². The number of nitrogens with one attached hydrogen (secondary N) is 2. The molecule has 7 nitrogen and oxygen atoms in total. The fourth-order valence-electron chi connectivity index (χ4n) is 4.71. The van der Waals surface area contributed by atoms with Crippen molar-refractivity contribution in [3.63, 3.8) is 0 Å². The fraction of sp³-hybridized carbons (Fsp3) is 0.400. The molecule has 4 rings (SSSR count). The number of fused-ring (bicyclic) bond motifs is 3. The van der Waals surface area contributed by atoms with E-state index in [0.717, 1.165) is 12.8 Å². The number of carbonyl (C=O) groups excluding carboxylic acids is 2. The van der Waals surface area contributed by atoms with Crippen LogP contribution in [0.3, 0.4) is 0 Å². The van der Waals surface area contributed by atoms with Crippen molar-refractivity contribution in [1.29, 1.82) is 0 Å². The number of benzene rings is 2. The molecule has 2 aromatic carbocycles. The van der Waals surface area contributed by atoms with E-state index >= 15 is 0 Å². The van der Waals surface area contributed by atoms with Crippen molar-refractivity contribution in [1.82, 2.24) is 10.6 Å². The topological polar surface area (TPSA) is 105 Å². The standard InChI is InChI=1S/C25H28N2O5/c1-15(24(29)30)27-23(28)12-16-10-17(11-16)13-26-25(31)32-14-22-20-8-4-2-6-18(20)19-7-3-5-9-21(19)22/h2-9,15-17,22H,10-14H2,1H3,(H,26,31)(H,27,28)(H,29,30)/t15-,16?,17?/m0/s1. The van der Waals surface area contributed by atoms with Gasteiger partial charge < -0.3 is 20.5 Å². The van der Waals surface area contributed by atoms with Crippen LogP contribution in [0.15, 0.2) is 48.5 Å². The second-order valence-electron chi connectivity index (χ2n) is 8.74. The van der Waals surface area contributed by atoms with Crippen molar-refractivity contribution in [3.05, 3.63) is 59.7 Å². The highest BCUT2D eigenvalue weighted by Crippen LogP contribution is 2.44. The number of alkyl carbamates (subject to hydrolysis) is 1. The Hall–Kier alpha value is -3.35. The van der Waals surface area contributed by atoms with Gasteiger partial charge >= 0.3 is 12.1 Å². The molecule has 0 aromatic heterocycles. The molecule has 2 aliphatic rings. The summed E-state index contributed by atoms with van der Waals surface area (Å²) in [5.74, 6) is -0.714. The Morgan fingerprint density at radius 3 is 2.19 bits per heavy atom. The van der Waals surface area contributed by atoms with Crippen LogP contribution in [0.1, 0.15) is 43.2 Å². The lowest BCUT2D eigenvalue weighted by molar-refractivity contribution is -0.141. The van der Waals surface area contributed by atoms with E-state index in [4.69, 9.17) is 9.84 Å². The Morgan fingerprint density at radius 1 is 1.00 bits per heavy atom. The van der Waals surface area contributed by atoms with E-state index in [0.29, 0.717) is 18.9 Å². The normalized spacial score (nSPS) is 19.8. The first-order chi connectivity index (χ1) is 15.4. The van der Waals surface area contributed by atoms with Gasteiger partial charge in [0.05, 0.1) is 0 Å². The van der Waals surface area contributed by atoms with Crippen molar-refractivity contribution in [2.24, 2.45) is 11.8 Å². The maximum Gasteiger partial charge on any atom is 0.407 e. The van der Waals surface area contributed by atoms with Crippen molar-refractivity contribution in [2.75, 3.05) is 13.2 Å². The molecular formula is C25H28N2O5. The molecule has 1 fully saturated rings. The smallest absolute Gasteiger partial charge is 0.407 e. The summed E-state index contributed by atoms with van der Waals surface area (Å²) in [6.07, 6.45) is 1.55. The maximum absolute atomic E-state index is 12.3. The molecule has 0 heterocycles. The van der Waals surface area contributed by atoms with Crippen LogP contribution in [-0.4, -0.2) is 42.3 Å². The molecule has 1 atom stereocenters. The molecule has 0 unspecified atom stereocenters. The first-order valence-corrected chi connectivity index (χ1v) is 11.0. The van der Waals surface area contributed by atoms with Gasteiger partial charge in [0.25, 0.3) is 0 Å². The molecule has 0 spiro atoms. The number of hydrogen-bond acceptors (Lipinski definition) is 4. The van der Waals surface area contributed by atoms with Crippen LogP contribution in [0.5, 0.6) is 0 Å². The summed E-state index contributed by atoms with van der Waals surface area (Å²) in [6.45, 7) is 2.25. The third kappa shape index (κ3) is 4.77. The Labute approximate surface area is 187 Å². The molecule has 168 valence electrons. The van der Waals surface area contributed by atoms with Crippen molar-refractivity contribution >= 4 is 18.0 Å². The van der Waals surface area contributed by atoms with Gasteiger partial charge in [-0.1, -0.05) is 48.5 Å². The zero-order chi connectivity index (χ0) is 22.7. The predicted molar refractivity (Wildman–Crippen MR) is 119 cm³/mol. The quantitative estimate of drug-likeness (QED) is 0.587. The van der Waals surface area contributed by atoms with Gasteiger partial charge in [0.2, 0.25) is 5.91 Å². The summed E-state index contributed by atoms with van der Waals surface area (Å²) in [4.78, 5) is 34.9. The molecule has 1 saturated carbocycles. The van der Waals surface area contributed by atoms with E-state index in [-0.39, 0.29) is 24.3 Å². The highest BCUT2D eigenvalue weighted by molar-refractivity contribution is 5.83. The second kappa shape index (κ2) is 9.42. The zero-order valence-corrected chi connectivity index (χ0v) is 18.0. The summed E-state index contributed by atoms with van der Waals surface area (Å²) in [6, 6.07) is 15.6. The minimum atomic E-state index is -1.04. The van der Waals surface area contributed by atoms with Crippen molar-refractivity contribution < 1.29 is 24.2 Å². The summed E-state index contributed by atoms with van der Waals surface area (Å²) in [7, 11) is 0. The van der Waals surface area contributed by atoms with Crippen LogP contribution < -0.4 is 10.6 Å². The maximum atomic E-state index is 12.3. The molecule has 0 saturated heterocycles. The van der Waals surface area contributed by atoms with Gasteiger partial charge in [0.15, 0.2) is 0 Å². The molecule has 0 bridgehead atoms. The minimum Gasteiger partial charge on any atom is -0.480 e. The predicted octanol–water partition coefficient (Wildman–Crippen LogP) is 3.53. The van der Waals surface area contributed by atoms with E-state index in [1.807, 2.05) is 24.3 Å². The van der Waals surface area contributed by atoms with Crippen LogP contribution in [0.2, 0.25) is 0 Å². The van der Waals surface area contributed by atoms with Gasteiger partial charge in [-0.15, -0.1) is 0 Å². The van der Waals surface area contributed by atoms with Crippen molar-refractivity contribution in [2.45, 2.75) is 38.1 Å². The molecule has 2 aliphatic carbocycles. The number of ether oxygens (including phenoxy) is 1. The summed E-state index contributed by atoms with van der Waals surface area (Å²) >= 11 is 0. The zero-order valence-electron chi connectivity index (χ0n) is 18.0. The lowest BCUT2D eigenvalue weighted by Gasteiger charge is -2.35. The summed E-state index contributed by atoms with van der Waals surface area (Å²) in [5.41, 5.74) is 4.75. The first-order valence-electron chi connectivity index (χ1n) is 11.0. The molecule has 2 amide bonds. The lowest BCUT2D eigenvalue weighted by Crippen LogP contribution is -2.42. The molecule has 0 aliphatic heterocycles. The summed E-state index contributed by atoms with van der Waals surface area (Å²) in [5, 5.41) is 14.2. The van der Waals surface area contributed by atoms with Gasteiger partial charge in [-0.2, -0.15) is 0 Å². The Bertz CT molecular complexity index is 969. The first kappa shape index (κ1) is 21.9. The van der Waals surface area contributed by atoms with Crippen LogP contribution in [0.4, 0.5) is 4.79 Å². The number of rotatable bonds is 8. The number of aliphatic carboxylic acids is 1. The van der Waals surface area contributed by atoms with Crippen LogP contribution in [-0.2, 0) is 14.3 Å². The molecule has 3 N–H and O–H groups in total. The van der Waals surface area contributed by atoms with Crippen LogP contribution >= 0.6 is 0 Å². The van der Waals surface area contributed by atoms with Crippen LogP contribution in [0.25, 0.3) is 11.1 Å². The Balaban J connectivity index is 1.19. The van der Waals surface area contributed by atoms with Gasteiger partial charge in [-0.25, -0.2) is 4.79 Å². The number of amides is 2. The van der Waals surface area contributed by atoms with E-state index in [2.05, 4.69) is 34.9 Å². The number of carbonyl (C=O) groups is 3. The molecule has 2 aromatic rings. The third-order valence-corrected chi connectivity index (χ3v) is 6.43. The minimum absolute atomic E-state index is 0.0351. The largest absolute Gasteiger partial charge is 0.480 e. The Kier molecular flexibility index (Phi) is 6.44. The number of hydrogen-bond donors (Lipinski definition) is 3. The van der Waals surface area contributed by atoms with Gasteiger partial charge in [0.1, 0.15) is 12.6 Å². The fourth-order valence-corrected chi connectivity index (χ4v) is 4.71. The summed E-state index contributed by atoms with van der Waals surface area (Å²) < 4.78 is 5.55. The van der Waals surface area contributed by atoms with Gasteiger partial charge in [-0.3, -0.25) is 9.59 Å². The second-order valence-corrected chi connectivity index (χ2v) is 8.74. The average molecular weight is 437 g/mol. The highest BCUT2D eigenvalue weighted by atomic mass is 16.5. The number of carboxylic acid groups (broad SMARTS) is 1. The Morgan fingerprint density at radius 2 is 1.59 bits per heavy atom. The number of carboxylic acids is 1. The molecule has 0 radical (unpaired) electrons. The molecular weight excluding hydrogens is 408 g/mol. The van der Waals surface area contributed by atoms with E-state index in [9.17, 15) is 14.4 Å².